The number of hydrogen-bond acceptors (Lipinski definition) is 4. The van der Waals surface area contributed by atoms with Crippen LogP contribution in [0.5, 0.6) is 0 Å². The van der Waals surface area contributed by atoms with E-state index in [9.17, 15) is 4.79 Å². The summed E-state index contributed by atoms with van der Waals surface area (Å²) in [7, 11) is 0. The largest absolute Gasteiger partial charge is 0.354 e. The Kier molecular flexibility index (Phi) is 6.92. The molecule has 0 atom stereocenters. The monoisotopic (exact) mass is 360 g/mol. The molecule has 0 aliphatic carbocycles. The van der Waals surface area contributed by atoms with Crippen LogP contribution in [0.25, 0.3) is 0 Å². The topological polar surface area (TPSA) is 66.9 Å². The number of nitrogens with zero attached hydrogens (tertiary/aromatic N) is 2. The van der Waals surface area contributed by atoms with Gasteiger partial charge in [0.1, 0.15) is 5.69 Å². The average Bonchev–Trinajstić information content (AvgIpc) is 2.73. The van der Waals surface area contributed by atoms with Crippen molar-refractivity contribution < 1.29 is 4.79 Å². The highest BCUT2D eigenvalue weighted by Gasteiger charge is 2.08. The molecule has 3 aromatic rings. The fraction of sp³-hybridized carbons (Fsp3) is 0.227. The van der Waals surface area contributed by atoms with Crippen molar-refractivity contribution in [3.8, 4) is 0 Å². The van der Waals surface area contributed by atoms with E-state index in [0.717, 1.165) is 19.3 Å². The molecule has 5 nitrogen and oxygen atoms in total. The van der Waals surface area contributed by atoms with Crippen LogP contribution in [0.3, 0.4) is 0 Å². The second-order valence-electron chi connectivity index (χ2n) is 6.27. The van der Waals surface area contributed by atoms with E-state index >= 15 is 0 Å². The molecule has 0 aliphatic heterocycles. The Labute approximate surface area is 159 Å². The number of rotatable bonds is 9. The fourth-order valence-electron chi connectivity index (χ4n) is 2.76. The number of amides is 1. The Balaban J connectivity index is 1.42. The van der Waals surface area contributed by atoms with E-state index in [-0.39, 0.29) is 5.91 Å². The lowest BCUT2D eigenvalue weighted by atomic mass is 10.1. The number of benzene rings is 2. The number of hydrogen-bond donors (Lipinski definition) is 2. The second kappa shape index (κ2) is 10.1. The Morgan fingerprint density at radius 3 is 2.19 bits per heavy atom. The molecule has 0 bridgehead atoms. The third-order valence-electron chi connectivity index (χ3n) is 4.20. The van der Waals surface area contributed by atoms with Crippen molar-refractivity contribution >= 4 is 11.9 Å². The van der Waals surface area contributed by atoms with Gasteiger partial charge in [0.05, 0.1) is 0 Å². The molecule has 0 aliphatic rings. The van der Waals surface area contributed by atoms with Gasteiger partial charge in [0.25, 0.3) is 5.91 Å². The van der Waals surface area contributed by atoms with Gasteiger partial charge in [-0.3, -0.25) is 4.79 Å². The van der Waals surface area contributed by atoms with Crippen LogP contribution in [0.4, 0.5) is 5.95 Å². The predicted molar refractivity (Wildman–Crippen MR) is 108 cm³/mol. The van der Waals surface area contributed by atoms with Gasteiger partial charge in [-0.1, -0.05) is 60.7 Å². The second-order valence-corrected chi connectivity index (χ2v) is 6.27. The van der Waals surface area contributed by atoms with Crippen LogP contribution in [-0.2, 0) is 12.8 Å². The summed E-state index contributed by atoms with van der Waals surface area (Å²) in [5.74, 6) is 0.305. The highest BCUT2D eigenvalue weighted by atomic mass is 16.1. The SMILES string of the molecule is O=C(NCCCc1ccccc1)c1ccnc(NCCc2ccccc2)n1. The minimum atomic E-state index is -0.170. The van der Waals surface area contributed by atoms with Gasteiger partial charge < -0.3 is 10.6 Å². The molecule has 1 amide bonds. The number of nitrogens with one attached hydrogen (secondary N) is 2. The molecule has 1 heterocycles. The molecule has 2 N–H and O–H groups in total. The Bertz CT molecular complexity index is 837. The lowest BCUT2D eigenvalue weighted by Gasteiger charge is -2.08. The quantitative estimate of drug-likeness (QED) is 0.573. The van der Waals surface area contributed by atoms with Crippen molar-refractivity contribution in [2.45, 2.75) is 19.3 Å². The normalized spacial score (nSPS) is 10.4. The molecule has 1 aromatic heterocycles. The first-order valence-electron chi connectivity index (χ1n) is 9.24. The number of carbonyl (C=O) groups excluding carboxylic acids is 1. The maximum Gasteiger partial charge on any atom is 0.270 e. The molecule has 27 heavy (non-hydrogen) atoms. The summed E-state index contributed by atoms with van der Waals surface area (Å²) < 4.78 is 0. The first-order chi connectivity index (χ1) is 13.3. The minimum absolute atomic E-state index is 0.170. The lowest BCUT2D eigenvalue weighted by Crippen LogP contribution is -2.26. The number of aryl methyl sites for hydroxylation is 1. The van der Waals surface area contributed by atoms with Crippen LogP contribution in [0.2, 0.25) is 0 Å². The molecule has 3 rings (SSSR count). The summed E-state index contributed by atoms with van der Waals surface area (Å²) in [5, 5.41) is 6.10. The van der Waals surface area contributed by atoms with E-state index < -0.39 is 0 Å². The van der Waals surface area contributed by atoms with Gasteiger partial charge in [-0.25, -0.2) is 9.97 Å². The van der Waals surface area contributed by atoms with Gasteiger partial charge in [0, 0.05) is 19.3 Å². The number of aromatic nitrogens is 2. The summed E-state index contributed by atoms with van der Waals surface area (Å²) in [5.41, 5.74) is 2.91. The van der Waals surface area contributed by atoms with Crippen molar-refractivity contribution in [2.24, 2.45) is 0 Å². The highest BCUT2D eigenvalue weighted by Crippen LogP contribution is 2.04. The summed E-state index contributed by atoms with van der Waals surface area (Å²) >= 11 is 0. The van der Waals surface area contributed by atoms with Gasteiger partial charge in [-0.2, -0.15) is 0 Å². The zero-order valence-electron chi connectivity index (χ0n) is 15.3. The van der Waals surface area contributed by atoms with Crippen molar-refractivity contribution in [1.82, 2.24) is 15.3 Å². The number of carbonyl (C=O) groups is 1. The van der Waals surface area contributed by atoms with Crippen LogP contribution in [0.15, 0.2) is 72.9 Å². The summed E-state index contributed by atoms with van der Waals surface area (Å²) in [6.45, 7) is 1.33. The summed E-state index contributed by atoms with van der Waals surface area (Å²) in [4.78, 5) is 20.8. The molecule has 0 saturated heterocycles. The van der Waals surface area contributed by atoms with Crippen LogP contribution < -0.4 is 10.6 Å². The Morgan fingerprint density at radius 2 is 1.48 bits per heavy atom. The molecular weight excluding hydrogens is 336 g/mol. The lowest BCUT2D eigenvalue weighted by molar-refractivity contribution is 0.0948. The Hall–Kier alpha value is -3.21. The average molecular weight is 360 g/mol. The van der Waals surface area contributed by atoms with Crippen LogP contribution >= 0.6 is 0 Å². The first kappa shape index (κ1) is 18.6. The minimum Gasteiger partial charge on any atom is -0.354 e. The van der Waals surface area contributed by atoms with Gasteiger partial charge in [-0.05, 0) is 36.5 Å². The van der Waals surface area contributed by atoms with Crippen LogP contribution in [-0.4, -0.2) is 29.0 Å². The van der Waals surface area contributed by atoms with E-state index in [0.29, 0.717) is 24.7 Å². The van der Waals surface area contributed by atoms with Gasteiger partial charge in [0.2, 0.25) is 5.95 Å². The van der Waals surface area contributed by atoms with E-state index in [1.165, 1.54) is 11.1 Å². The van der Waals surface area contributed by atoms with E-state index in [1.807, 2.05) is 36.4 Å². The third-order valence-corrected chi connectivity index (χ3v) is 4.20. The zero-order valence-corrected chi connectivity index (χ0v) is 15.3. The summed E-state index contributed by atoms with van der Waals surface area (Å²) in [6.07, 6.45) is 4.32. The molecule has 0 spiro atoms. The zero-order chi connectivity index (χ0) is 18.7. The van der Waals surface area contributed by atoms with E-state index in [2.05, 4.69) is 44.9 Å². The molecule has 0 saturated carbocycles. The maximum absolute atomic E-state index is 12.3. The van der Waals surface area contributed by atoms with Crippen molar-refractivity contribution in [1.29, 1.82) is 0 Å². The van der Waals surface area contributed by atoms with Gasteiger partial charge >= 0.3 is 0 Å². The van der Waals surface area contributed by atoms with Crippen molar-refractivity contribution in [2.75, 3.05) is 18.4 Å². The predicted octanol–water partition coefficient (Wildman–Crippen LogP) is 3.49. The smallest absolute Gasteiger partial charge is 0.270 e. The molecule has 5 heteroatoms. The molecule has 2 aromatic carbocycles. The molecular formula is C22H24N4O. The highest BCUT2D eigenvalue weighted by molar-refractivity contribution is 5.92. The van der Waals surface area contributed by atoms with Gasteiger partial charge in [0.15, 0.2) is 0 Å². The standard InChI is InChI=1S/C22H24N4O/c27-21(23-15-7-12-18-8-3-1-4-9-18)20-14-17-25-22(26-20)24-16-13-19-10-5-2-6-11-19/h1-6,8-11,14,17H,7,12-13,15-16H2,(H,23,27)(H,24,25,26). The van der Waals surface area contributed by atoms with E-state index in [4.69, 9.17) is 0 Å². The third kappa shape index (κ3) is 6.22. The molecule has 138 valence electrons. The first-order valence-corrected chi connectivity index (χ1v) is 9.24. The van der Waals surface area contributed by atoms with Crippen molar-refractivity contribution in [3.05, 3.63) is 89.7 Å². The molecule has 0 unspecified atom stereocenters. The van der Waals surface area contributed by atoms with Gasteiger partial charge in [-0.15, -0.1) is 0 Å². The summed E-state index contributed by atoms with van der Waals surface area (Å²) in [6, 6.07) is 22.1. The molecule has 0 fully saturated rings. The maximum atomic E-state index is 12.3. The van der Waals surface area contributed by atoms with E-state index in [1.54, 1.807) is 12.3 Å². The van der Waals surface area contributed by atoms with Crippen LogP contribution in [0, 0.1) is 0 Å². The Morgan fingerprint density at radius 1 is 0.815 bits per heavy atom. The number of anilines is 1. The van der Waals surface area contributed by atoms with Crippen molar-refractivity contribution in [3.63, 3.8) is 0 Å². The van der Waals surface area contributed by atoms with Crippen LogP contribution in [0.1, 0.15) is 28.0 Å². The fourth-order valence-corrected chi connectivity index (χ4v) is 2.76. The molecule has 0 radical (unpaired) electrons.